The molecule has 1 aromatic carbocycles. The number of piperazine rings is 1. The van der Waals surface area contributed by atoms with Gasteiger partial charge in [-0.3, -0.25) is 9.59 Å². The van der Waals surface area contributed by atoms with Crippen LogP contribution in [0.1, 0.15) is 39.2 Å². The number of hydrogen-bond donors (Lipinski definition) is 1. The average molecular weight is 574 g/mol. The van der Waals surface area contributed by atoms with Gasteiger partial charge < -0.3 is 19.6 Å². The van der Waals surface area contributed by atoms with Gasteiger partial charge in [-0.05, 0) is 43.0 Å². The lowest BCUT2D eigenvalue weighted by atomic mass is 10.0. The zero-order chi connectivity index (χ0) is 30.2. The molecule has 0 radical (unpaired) electrons. The lowest BCUT2D eigenvalue weighted by Crippen LogP contribution is -2.48. The SMILES string of the molecule is CC(C)CCC(=O)N1CCN(c2ccc(-c3cc(OC[C@@H](C)O)cn4ncc(C#N)c34)cc2)CC1.O=CC(F)(F)F. The lowest BCUT2D eigenvalue weighted by Gasteiger charge is -2.36. The van der Waals surface area contributed by atoms with Crippen molar-refractivity contribution in [3.05, 3.63) is 48.3 Å². The van der Waals surface area contributed by atoms with Crippen molar-refractivity contribution in [1.82, 2.24) is 14.5 Å². The van der Waals surface area contributed by atoms with E-state index in [9.17, 15) is 28.3 Å². The number of aldehydes is 1. The number of anilines is 1. The first-order valence-electron chi connectivity index (χ1n) is 13.3. The number of nitriles is 1. The number of aliphatic hydroxyl groups is 1. The molecule has 41 heavy (non-hydrogen) atoms. The van der Waals surface area contributed by atoms with Crippen molar-refractivity contribution in [2.45, 2.75) is 45.9 Å². The van der Waals surface area contributed by atoms with E-state index in [1.807, 2.05) is 23.1 Å². The van der Waals surface area contributed by atoms with Crippen molar-refractivity contribution >= 4 is 23.4 Å². The maximum absolute atomic E-state index is 12.4. The Balaban J connectivity index is 0.000000696. The van der Waals surface area contributed by atoms with E-state index in [-0.39, 0.29) is 12.5 Å². The smallest absolute Gasteiger partial charge is 0.446 e. The van der Waals surface area contributed by atoms with Crippen molar-refractivity contribution in [2.24, 2.45) is 5.92 Å². The first kappa shape index (κ1) is 31.4. The fraction of sp³-hybridized carbons (Fsp3) is 0.448. The number of hydrogen-bond acceptors (Lipinski definition) is 7. The quantitative estimate of drug-likeness (QED) is 0.396. The molecule has 3 heterocycles. The number of aromatic nitrogens is 2. The second kappa shape index (κ2) is 14.0. The minimum absolute atomic E-state index is 0.169. The maximum atomic E-state index is 12.4. The Kier molecular flexibility index (Phi) is 10.7. The third kappa shape index (κ3) is 8.94. The Morgan fingerprint density at radius 2 is 1.80 bits per heavy atom. The Morgan fingerprint density at radius 3 is 2.34 bits per heavy atom. The average Bonchev–Trinajstić information content (AvgIpc) is 3.37. The third-order valence-corrected chi connectivity index (χ3v) is 6.44. The van der Waals surface area contributed by atoms with E-state index in [0.29, 0.717) is 23.7 Å². The lowest BCUT2D eigenvalue weighted by molar-refractivity contribution is -0.156. The van der Waals surface area contributed by atoms with Crippen LogP contribution in [-0.2, 0) is 9.59 Å². The zero-order valence-electron chi connectivity index (χ0n) is 23.3. The van der Waals surface area contributed by atoms with Crippen LogP contribution in [0.5, 0.6) is 5.75 Å². The van der Waals surface area contributed by atoms with Gasteiger partial charge in [0.05, 0.1) is 29.6 Å². The standard InChI is InChI=1S/C27H33N5O3.C2HF3O/c1-19(2)4-9-26(34)31-12-10-30(11-13-31)23-7-5-21(6-8-23)25-14-24(35-18-20(3)33)17-32-27(25)22(15-28)16-29-32;3-2(4,5)1-6/h5-8,14,16-17,19-20,33H,4,9-13,18H2,1-3H3;1H/t20-;/m1./s1. The van der Waals surface area contributed by atoms with Crippen LogP contribution in [0.4, 0.5) is 18.9 Å². The highest BCUT2D eigenvalue weighted by Gasteiger charge is 2.25. The summed E-state index contributed by atoms with van der Waals surface area (Å²) in [5, 5.41) is 23.5. The molecule has 0 aliphatic carbocycles. The predicted octanol–water partition coefficient (Wildman–Crippen LogP) is 4.46. The molecule has 0 unspecified atom stereocenters. The second-order valence-corrected chi connectivity index (χ2v) is 10.2. The van der Waals surface area contributed by atoms with Gasteiger partial charge in [0, 0.05) is 43.9 Å². The van der Waals surface area contributed by atoms with Crippen LogP contribution in [0.3, 0.4) is 0 Å². The summed E-state index contributed by atoms with van der Waals surface area (Å²) >= 11 is 0. The second-order valence-electron chi connectivity index (χ2n) is 10.2. The van der Waals surface area contributed by atoms with E-state index < -0.39 is 18.6 Å². The number of nitrogens with zero attached hydrogens (tertiary/aromatic N) is 5. The Morgan fingerprint density at radius 1 is 1.17 bits per heavy atom. The molecule has 1 atom stereocenters. The number of carbonyl (C=O) groups excluding carboxylic acids is 2. The first-order chi connectivity index (χ1) is 19.4. The van der Waals surface area contributed by atoms with E-state index in [4.69, 9.17) is 9.53 Å². The molecule has 220 valence electrons. The Hall–Kier alpha value is -4.11. The normalized spacial score (nSPS) is 14.3. The molecule has 1 aliphatic rings. The van der Waals surface area contributed by atoms with E-state index in [1.165, 1.54) is 0 Å². The predicted molar refractivity (Wildman–Crippen MR) is 148 cm³/mol. The van der Waals surface area contributed by atoms with Gasteiger partial charge in [-0.15, -0.1) is 0 Å². The largest absolute Gasteiger partial charge is 0.489 e. The van der Waals surface area contributed by atoms with E-state index in [1.54, 1.807) is 23.8 Å². The van der Waals surface area contributed by atoms with E-state index in [0.717, 1.165) is 54.9 Å². The number of aliphatic hydroxyl groups excluding tert-OH is 1. The van der Waals surface area contributed by atoms with Gasteiger partial charge in [0.1, 0.15) is 18.4 Å². The van der Waals surface area contributed by atoms with Crippen molar-refractivity contribution in [3.8, 4) is 22.9 Å². The van der Waals surface area contributed by atoms with Crippen molar-refractivity contribution in [3.63, 3.8) is 0 Å². The van der Waals surface area contributed by atoms with Crippen LogP contribution in [-0.4, -0.2) is 76.9 Å². The molecule has 12 heteroatoms. The Bertz CT molecular complexity index is 1360. The van der Waals surface area contributed by atoms with Crippen LogP contribution >= 0.6 is 0 Å². The fourth-order valence-corrected chi connectivity index (χ4v) is 4.33. The topological polar surface area (TPSA) is 111 Å². The fourth-order valence-electron chi connectivity index (χ4n) is 4.33. The third-order valence-electron chi connectivity index (χ3n) is 6.44. The molecule has 3 aromatic rings. The van der Waals surface area contributed by atoms with Gasteiger partial charge in [-0.2, -0.15) is 23.5 Å². The summed E-state index contributed by atoms with van der Waals surface area (Å²) < 4.78 is 38.6. The molecule has 2 aromatic heterocycles. The number of fused-ring (bicyclic) bond motifs is 1. The zero-order valence-corrected chi connectivity index (χ0v) is 23.3. The highest BCUT2D eigenvalue weighted by atomic mass is 19.4. The minimum Gasteiger partial charge on any atom is -0.489 e. The molecule has 1 saturated heterocycles. The summed E-state index contributed by atoms with van der Waals surface area (Å²) in [6, 6.07) is 12.3. The van der Waals surface area contributed by atoms with Gasteiger partial charge in [-0.25, -0.2) is 4.52 Å². The molecule has 4 rings (SSSR count). The number of halogens is 3. The minimum atomic E-state index is -4.64. The van der Waals surface area contributed by atoms with Crippen molar-refractivity contribution in [2.75, 3.05) is 37.7 Å². The molecule has 1 amide bonds. The van der Waals surface area contributed by atoms with Crippen LogP contribution in [0.25, 0.3) is 16.6 Å². The van der Waals surface area contributed by atoms with Gasteiger partial charge in [0.2, 0.25) is 12.2 Å². The number of rotatable bonds is 8. The van der Waals surface area contributed by atoms with Crippen LogP contribution in [0.2, 0.25) is 0 Å². The molecule has 0 spiro atoms. The molecule has 1 N–H and O–H groups in total. The summed E-state index contributed by atoms with van der Waals surface area (Å²) in [6.45, 7) is 9.22. The first-order valence-corrected chi connectivity index (χ1v) is 13.3. The number of ether oxygens (including phenoxy) is 1. The Labute approximate surface area is 236 Å². The van der Waals surface area contributed by atoms with Crippen LogP contribution < -0.4 is 9.64 Å². The monoisotopic (exact) mass is 573 g/mol. The number of benzene rings is 1. The van der Waals surface area contributed by atoms with Gasteiger partial charge >= 0.3 is 6.18 Å². The van der Waals surface area contributed by atoms with E-state index >= 15 is 0 Å². The van der Waals surface area contributed by atoms with Gasteiger partial charge in [0.15, 0.2) is 0 Å². The summed E-state index contributed by atoms with van der Waals surface area (Å²) in [7, 11) is 0. The number of alkyl halides is 3. The summed E-state index contributed by atoms with van der Waals surface area (Å²) in [5.74, 6) is 1.37. The van der Waals surface area contributed by atoms with Crippen molar-refractivity contribution < 1.29 is 32.6 Å². The van der Waals surface area contributed by atoms with Gasteiger partial charge in [0.25, 0.3) is 0 Å². The van der Waals surface area contributed by atoms with E-state index in [2.05, 4.69) is 42.0 Å². The molecule has 9 nitrogen and oxygen atoms in total. The molecule has 1 fully saturated rings. The molecular weight excluding hydrogens is 539 g/mol. The van der Waals surface area contributed by atoms with Crippen molar-refractivity contribution in [1.29, 1.82) is 5.26 Å². The highest BCUT2D eigenvalue weighted by molar-refractivity contribution is 5.85. The van der Waals surface area contributed by atoms with Crippen LogP contribution in [0.15, 0.2) is 42.7 Å². The number of pyridine rings is 1. The molecule has 0 bridgehead atoms. The highest BCUT2D eigenvalue weighted by Crippen LogP contribution is 2.32. The molecule has 1 aliphatic heterocycles. The molecular formula is C29H34F3N5O4. The number of amides is 1. The van der Waals surface area contributed by atoms with Crippen LogP contribution in [0, 0.1) is 17.2 Å². The summed E-state index contributed by atoms with van der Waals surface area (Å²) in [6.07, 6.45) is -1.46. The number of carbonyl (C=O) groups is 2. The molecule has 0 saturated carbocycles. The van der Waals surface area contributed by atoms with Gasteiger partial charge in [-0.1, -0.05) is 26.0 Å². The summed E-state index contributed by atoms with van der Waals surface area (Å²) in [4.78, 5) is 25.4. The maximum Gasteiger partial charge on any atom is 0.446 e. The summed E-state index contributed by atoms with van der Waals surface area (Å²) in [5.41, 5.74) is 4.10.